The molecule has 0 N–H and O–H groups in total. The summed E-state index contributed by atoms with van der Waals surface area (Å²) in [7, 11) is 0. The lowest BCUT2D eigenvalue weighted by Gasteiger charge is -2.06. The number of aromatic nitrogens is 2. The number of rotatable bonds is 2. The summed E-state index contributed by atoms with van der Waals surface area (Å²) in [5, 5.41) is 0.837. The van der Waals surface area contributed by atoms with Crippen LogP contribution in [0.2, 0.25) is 10.3 Å². The lowest BCUT2D eigenvalue weighted by atomic mass is 10.1. The minimum Gasteiger partial charge on any atom is -0.216 e. The van der Waals surface area contributed by atoms with E-state index in [1.54, 1.807) is 0 Å². The van der Waals surface area contributed by atoms with Crippen molar-refractivity contribution in [3.63, 3.8) is 0 Å². The Labute approximate surface area is 116 Å². The summed E-state index contributed by atoms with van der Waals surface area (Å²) in [6.45, 7) is 1.81. The molecule has 0 spiro atoms. The maximum atomic E-state index is 6.05. The van der Waals surface area contributed by atoms with Crippen molar-refractivity contribution in [2.45, 2.75) is 25.7 Å². The van der Waals surface area contributed by atoms with E-state index in [2.05, 4.69) is 22.1 Å². The summed E-state index contributed by atoms with van der Waals surface area (Å²) in [5.41, 5.74) is 3.05. The Morgan fingerprint density at radius 3 is 2.39 bits per heavy atom. The SMILES string of the molecule is Cc1c(Cl)nc(-c2cccc(C3CC3)c2)nc1Cl. The van der Waals surface area contributed by atoms with Crippen LogP contribution in [0.1, 0.15) is 29.9 Å². The van der Waals surface area contributed by atoms with Crippen LogP contribution in [0.15, 0.2) is 24.3 Å². The number of benzene rings is 1. The maximum absolute atomic E-state index is 6.05. The van der Waals surface area contributed by atoms with Crippen molar-refractivity contribution in [2.24, 2.45) is 0 Å². The van der Waals surface area contributed by atoms with Crippen molar-refractivity contribution in [3.05, 3.63) is 45.7 Å². The van der Waals surface area contributed by atoms with Gasteiger partial charge < -0.3 is 0 Å². The van der Waals surface area contributed by atoms with Crippen molar-refractivity contribution < 1.29 is 0 Å². The number of halogens is 2. The van der Waals surface area contributed by atoms with Gasteiger partial charge in [-0.05, 0) is 37.3 Å². The molecule has 0 atom stereocenters. The second kappa shape index (κ2) is 4.52. The summed E-state index contributed by atoms with van der Waals surface area (Å²) in [4.78, 5) is 8.59. The van der Waals surface area contributed by atoms with Crippen LogP contribution in [0.5, 0.6) is 0 Å². The fourth-order valence-corrected chi connectivity index (χ4v) is 2.33. The normalized spacial score (nSPS) is 14.8. The van der Waals surface area contributed by atoms with Gasteiger partial charge in [-0.15, -0.1) is 0 Å². The van der Waals surface area contributed by atoms with E-state index in [0.29, 0.717) is 22.0 Å². The fraction of sp³-hybridized carbons (Fsp3) is 0.286. The molecule has 18 heavy (non-hydrogen) atoms. The van der Waals surface area contributed by atoms with Crippen molar-refractivity contribution in [1.29, 1.82) is 0 Å². The zero-order valence-corrected chi connectivity index (χ0v) is 11.5. The first-order chi connectivity index (χ1) is 8.65. The quantitative estimate of drug-likeness (QED) is 0.748. The van der Waals surface area contributed by atoms with Gasteiger partial charge in [-0.3, -0.25) is 0 Å². The number of hydrogen-bond acceptors (Lipinski definition) is 2. The first-order valence-electron chi connectivity index (χ1n) is 5.95. The highest BCUT2D eigenvalue weighted by atomic mass is 35.5. The van der Waals surface area contributed by atoms with E-state index >= 15 is 0 Å². The molecule has 3 rings (SSSR count). The standard InChI is InChI=1S/C14H12Cl2N2/c1-8-12(15)17-14(18-13(8)16)11-4-2-3-10(7-11)9-5-6-9/h2-4,7,9H,5-6H2,1H3. The van der Waals surface area contributed by atoms with E-state index in [4.69, 9.17) is 23.2 Å². The third-order valence-corrected chi connectivity index (χ3v) is 3.96. The highest BCUT2D eigenvalue weighted by molar-refractivity contribution is 6.34. The van der Waals surface area contributed by atoms with E-state index in [0.717, 1.165) is 11.1 Å². The van der Waals surface area contributed by atoms with Crippen LogP contribution in [0.4, 0.5) is 0 Å². The Bertz CT molecular complexity index is 583. The van der Waals surface area contributed by atoms with E-state index in [9.17, 15) is 0 Å². The van der Waals surface area contributed by atoms with E-state index in [-0.39, 0.29) is 0 Å². The van der Waals surface area contributed by atoms with Gasteiger partial charge in [0, 0.05) is 11.1 Å². The molecule has 0 aliphatic heterocycles. The van der Waals surface area contributed by atoms with Crippen LogP contribution < -0.4 is 0 Å². The van der Waals surface area contributed by atoms with E-state index in [1.165, 1.54) is 18.4 Å². The van der Waals surface area contributed by atoms with Crippen LogP contribution in [0.25, 0.3) is 11.4 Å². The Morgan fingerprint density at radius 2 is 1.78 bits per heavy atom. The molecule has 0 saturated heterocycles. The van der Waals surface area contributed by atoms with Crippen LogP contribution in [-0.2, 0) is 0 Å². The lowest BCUT2D eigenvalue weighted by Crippen LogP contribution is -1.94. The smallest absolute Gasteiger partial charge is 0.162 e. The third kappa shape index (κ3) is 2.23. The van der Waals surface area contributed by atoms with Crippen LogP contribution in [-0.4, -0.2) is 9.97 Å². The Hall–Kier alpha value is -1.12. The molecular weight excluding hydrogens is 267 g/mol. The molecule has 1 aliphatic carbocycles. The summed E-state index contributed by atoms with van der Waals surface area (Å²) >= 11 is 12.1. The summed E-state index contributed by atoms with van der Waals surface area (Å²) < 4.78 is 0. The zero-order valence-electron chi connectivity index (χ0n) is 9.95. The molecule has 1 heterocycles. The highest BCUT2D eigenvalue weighted by Gasteiger charge is 2.23. The molecule has 0 amide bonds. The highest BCUT2D eigenvalue weighted by Crippen LogP contribution is 2.41. The molecule has 1 aromatic carbocycles. The zero-order chi connectivity index (χ0) is 12.7. The molecule has 0 unspecified atom stereocenters. The van der Waals surface area contributed by atoms with Gasteiger partial charge in [0.15, 0.2) is 5.82 Å². The summed E-state index contributed by atoms with van der Waals surface area (Å²) in [6.07, 6.45) is 2.56. The molecule has 0 radical (unpaired) electrons. The number of nitrogens with zero attached hydrogens (tertiary/aromatic N) is 2. The summed E-state index contributed by atoms with van der Waals surface area (Å²) in [6, 6.07) is 8.31. The third-order valence-electron chi connectivity index (χ3n) is 3.22. The number of hydrogen-bond donors (Lipinski definition) is 0. The maximum Gasteiger partial charge on any atom is 0.162 e. The Balaban J connectivity index is 2.06. The molecule has 4 heteroatoms. The molecule has 2 nitrogen and oxygen atoms in total. The first kappa shape index (κ1) is 11.9. The Morgan fingerprint density at radius 1 is 1.11 bits per heavy atom. The van der Waals surface area contributed by atoms with E-state index < -0.39 is 0 Å². The van der Waals surface area contributed by atoms with Crippen molar-refractivity contribution in [3.8, 4) is 11.4 Å². The van der Waals surface area contributed by atoms with Crippen molar-refractivity contribution in [2.75, 3.05) is 0 Å². The van der Waals surface area contributed by atoms with Gasteiger partial charge in [-0.2, -0.15) is 0 Å². The van der Waals surface area contributed by atoms with Crippen LogP contribution >= 0.6 is 23.2 Å². The topological polar surface area (TPSA) is 25.8 Å². The molecule has 1 aromatic heterocycles. The largest absolute Gasteiger partial charge is 0.216 e. The molecule has 0 bridgehead atoms. The minimum absolute atomic E-state index is 0.418. The van der Waals surface area contributed by atoms with Gasteiger partial charge in [0.05, 0.1) is 0 Å². The van der Waals surface area contributed by atoms with Crippen LogP contribution in [0, 0.1) is 6.92 Å². The van der Waals surface area contributed by atoms with Gasteiger partial charge in [-0.1, -0.05) is 41.4 Å². The molecule has 92 valence electrons. The second-order valence-electron chi connectivity index (χ2n) is 4.65. The fourth-order valence-electron chi connectivity index (χ4n) is 1.94. The molecular formula is C14H12Cl2N2. The van der Waals surface area contributed by atoms with Gasteiger partial charge in [0.1, 0.15) is 10.3 Å². The minimum atomic E-state index is 0.418. The second-order valence-corrected chi connectivity index (χ2v) is 5.37. The average Bonchev–Trinajstić information content (AvgIpc) is 3.20. The van der Waals surface area contributed by atoms with Gasteiger partial charge in [-0.25, -0.2) is 9.97 Å². The monoisotopic (exact) mass is 278 g/mol. The van der Waals surface area contributed by atoms with Gasteiger partial charge >= 0.3 is 0 Å². The molecule has 1 fully saturated rings. The van der Waals surface area contributed by atoms with Crippen molar-refractivity contribution in [1.82, 2.24) is 9.97 Å². The molecule has 2 aromatic rings. The average molecular weight is 279 g/mol. The van der Waals surface area contributed by atoms with Crippen molar-refractivity contribution >= 4 is 23.2 Å². The predicted molar refractivity (Wildman–Crippen MR) is 74.2 cm³/mol. The molecule has 1 aliphatic rings. The van der Waals surface area contributed by atoms with Gasteiger partial charge in [0.25, 0.3) is 0 Å². The van der Waals surface area contributed by atoms with Gasteiger partial charge in [0.2, 0.25) is 0 Å². The summed E-state index contributed by atoms with van der Waals surface area (Å²) in [5.74, 6) is 1.31. The van der Waals surface area contributed by atoms with Crippen LogP contribution in [0.3, 0.4) is 0 Å². The van der Waals surface area contributed by atoms with E-state index in [1.807, 2.05) is 19.1 Å². The lowest BCUT2D eigenvalue weighted by molar-refractivity contribution is 1.11. The first-order valence-corrected chi connectivity index (χ1v) is 6.70. The molecule has 1 saturated carbocycles. The Kier molecular flexibility index (Phi) is 3.00. The predicted octanol–water partition coefficient (Wildman–Crippen LogP) is 4.64.